The first kappa shape index (κ1) is 11.6. The smallest absolute Gasteiger partial charge is 0.142 e. The van der Waals surface area contributed by atoms with Crippen molar-refractivity contribution in [1.29, 1.82) is 5.26 Å². The van der Waals surface area contributed by atoms with Gasteiger partial charge in [-0.05, 0) is 13.8 Å². The standard InChI is InChI=1S/C11H13N5S/c1-7-10(4-12)11(16(3)15-7)13-5-9-6-17-8(2)14-9/h6,13H,5H2,1-3H3. The molecule has 2 aromatic heterocycles. The van der Waals surface area contributed by atoms with E-state index in [2.05, 4.69) is 21.5 Å². The maximum absolute atomic E-state index is 9.06. The number of nitriles is 1. The molecule has 0 fully saturated rings. The van der Waals surface area contributed by atoms with Gasteiger partial charge in [0, 0.05) is 12.4 Å². The molecule has 0 spiro atoms. The molecule has 0 aliphatic rings. The Balaban J connectivity index is 2.17. The van der Waals surface area contributed by atoms with Gasteiger partial charge in [-0.3, -0.25) is 4.68 Å². The number of hydrogen-bond donors (Lipinski definition) is 1. The van der Waals surface area contributed by atoms with Crippen LogP contribution in [0.3, 0.4) is 0 Å². The molecule has 6 heteroatoms. The molecule has 17 heavy (non-hydrogen) atoms. The summed E-state index contributed by atoms with van der Waals surface area (Å²) in [7, 11) is 1.82. The minimum atomic E-state index is 0.597. The van der Waals surface area contributed by atoms with Crippen molar-refractivity contribution in [3.63, 3.8) is 0 Å². The van der Waals surface area contributed by atoms with Crippen molar-refractivity contribution in [3.05, 3.63) is 27.3 Å². The fourth-order valence-corrected chi connectivity index (χ4v) is 2.27. The second kappa shape index (κ2) is 4.55. The highest BCUT2D eigenvalue weighted by molar-refractivity contribution is 7.09. The lowest BCUT2D eigenvalue weighted by Crippen LogP contribution is -2.06. The van der Waals surface area contributed by atoms with E-state index in [0.717, 1.165) is 22.2 Å². The molecular formula is C11H13N5S. The number of aromatic nitrogens is 3. The summed E-state index contributed by atoms with van der Waals surface area (Å²) in [4.78, 5) is 4.36. The van der Waals surface area contributed by atoms with Crippen LogP contribution in [0.15, 0.2) is 5.38 Å². The summed E-state index contributed by atoms with van der Waals surface area (Å²) >= 11 is 1.62. The summed E-state index contributed by atoms with van der Waals surface area (Å²) in [6, 6.07) is 2.16. The number of nitrogens with zero attached hydrogens (tertiary/aromatic N) is 4. The van der Waals surface area contributed by atoms with Gasteiger partial charge in [0.15, 0.2) is 0 Å². The van der Waals surface area contributed by atoms with Crippen molar-refractivity contribution in [3.8, 4) is 6.07 Å². The van der Waals surface area contributed by atoms with Gasteiger partial charge < -0.3 is 5.32 Å². The van der Waals surface area contributed by atoms with Gasteiger partial charge in [0.2, 0.25) is 0 Å². The molecule has 0 amide bonds. The van der Waals surface area contributed by atoms with E-state index in [0.29, 0.717) is 12.1 Å². The minimum absolute atomic E-state index is 0.597. The lowest BCUT2D eigenvalue weighted by molar-refractivity contribution is 0.757. The zero-order chi connectivity index (χ0) is 12.4. The van der Waals surface area contributed by atoms with Crippen LogP contribution in [0.1, 0.15) is 22.0 Å². The Bertz CT molecular complexity index is 575. The van der Waals surface area contributed by atoms with Gasteiger partial charge in [-0.25, -0.2) is 4.98 Å². The van der Waals surface area contributed by atoms with Gasteiger partial charge in [0.1, 0.15) is 17.5 Å². The molecule has 88 valence electrons. The zero-order valence-corrected chi connectivity index (χ0v) is 10.8. The predicted molar refractivity (Wildman–Crippen MR) is 66.8 cm³/mol. The number of nitrogens with one attached hydrogen (secondary N) is 1. The first-order valence-electron chi connectivity index (χ1n) is 5.20. The van der Waals surface area contributed by atoms with Gasteiger partial charge in [-0.2, -0.15) is 10.4 Å². The van der Waals surface area contributed by atoms with Crippen molar-refractivity contribution in [2.24, 2.45) is 7.05 Å². The fourth-order valence-electron chi connectivity index (χ4n) is 1.66. The molecule has 2 rings (SSSR count). The quantitative estimate of drug-likeness (QED) is 0.900. The normalized spacial score (nSPS) is 10.2. The van der Waals surface area contributed by atoms with Gasteiger partial charge in [-0.1, -0.05) is 0 Å². The molecule has 1 N–H and O–H groups in total. The van der Waals surface area contributed by atoms with E-state index in [1.54, 1.807) is 16.0 Å². The maximum Gasteiger partial charge on any atom is 0.142 e. The number of thiazole rings is 1. The van der Waals surface area contributed by atoms with Crippen LogP contribution in [0.25, 0.3) is 0 Å². The van der Waals surface area contributed by atoms with E-state index < -0.39 is 0 Å². The van der Waals surface area contributed by atoms with Crippen LogP contribution in [0.5, 0.6) is 0 Å². The van der Waals surface area contributed by atoms with Crippen molar-refractivity contribution in [2.45, 2.75) is 20.4 Å². The van der Waals surface area contributed by atoms with Gasteiger partial charge in [0.05, 0.1) is 22.9 Å². The Morgan fingerprint density at radius 1 is 1.53 bits per heavy atom. The summed E-state index contributed by atoms with van der Waals surface area (Å²) < 4.78 is 1.69. The zero-order valence-electron chi connectivity index (χ0n) is 9.98. The summed E-state index contributed by atoms with van der Waals surface area (Å²) in [5.74, 6) is 0.746. The molecule has 0 saturated carbocycles. The summed E-state index contributed by atoms with van der Waals surface area (Å²) in [5.41, 5.74) is 2.32. The Morgan fingerprint density at radius 3 is 2.88 bits per heavy atom. The lowest BCUT2D eigenvalue weighted by atomic mass is 10.2. The van der Waals surface area contributed by atoms with Crippen LogP contribution in [0.2, 0.25) is 0 Å². The highest BCUT2D eigenvalue weighted by atomic mass is 32.1. The van der Waals surface area contributed by atoms with E-state index in [4.69, 9.17) is 5.26 Å². The summed E-state index contributed by atoms with van der Waals surface area (Å²) in [5, 5.41) is 19.5. The van der Waals surface area contributed by atoms with Crippen molar-refractivity contribution < 1.29 is 0 Å². The first-order valence-corrected chi connectivity index (χ1v) is 6.08. The van der Waals surface area contributed by atoms with E-state index in [1.807, 2.05) is 26.3 Å². The summed E-state index contributed by atoms with van der Waals surface area (Å²) in [6.45, 7) is 4.41. The molecule has 0 saturated heterocycles. The second-order valence-corrected chi connectivity index (χ2v) is 4.82. The van der Waals surface area contributed by atoms with Gasteiger partial charge >= 0.3 is 0 Å². The second-order valence-electron chi connectivity index (χ2n) is 3.76. The third kappa shape index (κ3) is 2.29. The number of hydrogen-bond acceptors (Lipinski definition) is 5. The number of rotatable bonds is 3. The fraction of sp³-hybridized carbons (Fsp3) is 0.364. The van der Waals surface area contributed by atoms with E-state index >= 15 is 0 Å². The van der Waals surface area contributed by atoms with Gasteiger partial charge in [-0.15, -0.1) is 11.3 Å². The maximum atomic E-state index is 9.06. The molecule has 0 bridgehead atoms. The van der Waals surface area contributed by atoms with Crippen LogP contribution >= 0.6 is 11.3 Å². The van der Waals surface area contributed by atoms with E-state index in [1.165, 1.54) is 0 Å². The van der Waals surface area contributed by atoms with Crippen LogP contribution < -0.4 is 5.32 Å². The van der Waals surface area contributed by atoms with Gasteiger partial charge in [0.25, 0.3) is 0 Å². The monoisotopic (exact) mass is 247 g/mol. The van der Waals surface area contributed by atoms with E-state index in [9.17, 15) is 0 Å². The molecule has 0 aliphatic carbocycles. The highest BCUT2D eigenvalue weighted by Crippen LogP contribution is 2.18. The third-order valence-electron chi connectivity index (χ3n) is 2.44. The number of aryl methyl sites for hydroxylation is 3. The predicted octanol–water partition coefficient (Wildman–Crippen LogP) is 1.98. The number of anilines is 1. The summed E-state index contributed by atoms with van der Waals surface area (Å²) in [6.07, 6.45) is 0. The molecule has 0 atom stereocenters. The van der Waals surface area contributed by atoms with E-state index in [-0.39, 0.29) is 0 Å². The van der Waals surface area contributed by atoms with Crippen molar-refractivity contribution in [2.75, 3.05) is 5.32 Å². The molecule has 2 heterocycles. The average Bonchev–Trinajstić information content (AvgIpc) is 2.80. The lowest BCUT2D eigenvalue weighted by Gasteiger charge is -2.04. The Kier molecular flexibility index (Phi) is 3.11. The molecule has 2 aromatic rings. The topological polar surface area (TPSA) is 66.5 Å². The Hall–Kier alpha value is -1.87. The SMILES string of the molecule is Cc1nc(CNc2c(C#N)c(C)nn2C)cs1. The van der Waals surface area contributed by atoms with Crippen molar-refractivity contribution >= 4 is 17.2 Å². The Morgan fingerprint density at radius 2 is 2.29 bits per heavy atom. The Labute approximate surface area is 104 Å². The third-order valence-corrected chi connectivity index (χ3v) is 3.26. The van der Waals surface area contributed by atoms with Crippen LogP contribution in [-0.4, -0.2) is 14.8 Å². The van der Waals surface area contributed by atoms with Crippen LogP contribution in [0, 0.1) is 25.2 Å². The molecule has 0 unspecified atom stereocenters. The molecule has 0 aromatic carbocycles. The van der Waals surface area contributed by atoms with Crippen LogP contribution in [0.4, 0.5) is 5.82 Å². The first-order chi connectivity index (χ1) is 8.11. The van der Waals surface area contributed by atoms with Crippen molar-refractivity contribution in [1.82, 2.24) is 14.8 Å². The highest BCUT2D eigenvalue weighted by Gasteiger charge is 2.12. The largest absolute Gasteiger partial charge is 0.363 e. The molecule has 0 radical (unpaired) electrons. The minimum Gasteiger partial charge on any atom is -0.363 e. The molecular weight excluding hydrogens is 234 g/mol. The average molecular weight is 247 g/mol. The molecule has 0 aliphatic heterocycles. The van der Waals surface area contributed by atoms with Crippen LogP contribution in [-0.2, 0) is 13.6 Å². The molecule has 5 nitrogen and oxygen atoms in total.